The molecule has 0 saturated carbocycles. The van der Waals surface area contributed by atoms with Gasteiger partial charge in [-0.25, -0.2) is 0 Å². The van der Waals surface area contributed by atoms with Crippen LogP contribution in [-0.2, 0) is 7.05 Å². The van der Waals surface area contributed by atoms with Crippen molar-refractivity contribution in [1.82, 2.24) is 0 Å². The van der Waals surface area contributed by atoms with Crippen molar-refractivity contribution >= 4 is 50.0 Å². The third kappa shape index (κ3) is 2.49. The second-order valence-corrected chi connectivity index (χ2v) is 7.03. The first-order chi connectivity index (χ1) is 9.65. The van der Waals surface area contributed by atoms with Gasteiger partial charge in [-0.3, -0.25) is 0 Å². The van der Waals surface area contributed by atoms with Gasteiger partial charge in [-0.15, -0.1) is 11.3 Å². The molecule has 0 radical (unpaired) electrons. The number of para-hydroxylation sites is 1. The zero-order valence-electron chi connectivity index (χ0n) is 11.8. The first kappa shape index (κ1) is 13.3. The van der Waals surface area contributed by atoms with Gasteiger partial charge in [-0.1, -0.05) is 23.5 Å². The van der Waals surface area contributed by atoms with Gasteiger partial charge in [0.25, 0.3) is 5.01 Å². The summed E-state index contributed by atoms with van der Waals surface area (Å²) in [5.41, 5.74) is 1.29. The van der Waals surface area contributed by atoms with Crippen molar-refractivity contribution in [2.75, 3.05) is 19.0 Å². The molecule has 0 aliphatic heterocycles. The van der Waals surface area contributed by atoms with Crippen LogP contribution in [0.1, 0.15) is 9.88 Å². The van der Waals surface area contributed by atoms with E-state index in [1.807, 2.05) is 22.7 Å². The Bertz CT molecular complexity index is 766. The first-order valence-electron chi connectivity index (χ1n) is 6.48. The number of aromatic nitrogens is 1. The van der Waals surface area contributed by atoms with Crippen LogP contribution in [0.2, 0.25) is 0 Å². The third-order valence-electron chi connectivity index (χ3n) is 3.22. The highest BCUT2D eigenvalue weighted by Gasteiger charge is 2.13. The summed E-state index contributed by atoms with van der Waals surface area (Å²) in [6.07, 6.45) is 4.40. The zero-order valence-corrected chi connectivity index (χ0v) is 13.5. The molecule has 3 rings (SSSR count). The molecule has 0 fully saturated rings. The second-order valence-electron chi connectivity index (χ2n) is 4.87. The number of hydrogen-bond acceptors (Lipinski definition) is 3. The Morgan fingerprint density at radius 1 is 1.00 bits per heavy atom. The molecule has 0 amide bonds. The number of nitrogens with zero attached hydrogens (tertiary/aromatic N) is 2. The van der Waals surface area contributed by atoms with Crippen LogP contribution < -0.4 is 9.47 Å². The lowest BCUT2D eigenvalue weighted by Gasteiger charge is -2.06. The van der Waals surface area contributed by atoms with Gasteiger partial charge >= 0.3 is 0 Å². The van der Waals surface area contributed by atoms with Gasteiger partial charge in [-0.05, 0) is 24.3 Å². The van der Waals surface area contributed by atoms with E-state index in [9.17, 15) is 0 Å². The molecule has 0 aliphatic carbocycles. The molecule has 1 aromatic carbocycles. The van der Waals surface area contributed by atoms with Crippen LogP contribution in [0.3, 0.4) is 0 Å². The average Bonchev–Trinajstić information content (AvgIpc) is 3.03. The number of hydrogen-bond donors (Lipinski definition) is 0. The Morgan fingerprint density at radius 3 is 2.50 bits per heavy atom. The maximum absolute atomic E-state index is 2.25. The van der Waals surface area contributed by atoms with Gasteiger partial charge in [0.2, 0.25) is 5.52 Å². The highest BCUT2D eigenvalue weighted by Crippen LogP contribution is 2.26. The molecular weight excluding hydrogens is 284 g/mol. The number of anilines is 1. The van der Waals surface area contributed by atoms with Crippen molar-refractivity contribution in [2.45, 2.75) is 0 Å². The molecule has 0 aliphatic rings. The van der Waals surface area contributed by atoms with E-state index in [0.717, 1.165) is 0 Å². The van der Waals surface area contributed by atoms with Gasteiger partial charge < -0.3 is 4.90 Å². The minimum absolute atomic E-state index is 1.27. The number of aryl methyl sites for hydroxylation is 1. The van der Waals surface area contributed by atoms with Crippen molar-refractivity contribution in [3.05, 3.63) is 46.3 Å². The highest BCUT2D eigenvalue weighted by atomic mass is 32.1. The number of fused-ring (bicyclic) bond motifs is 1. The summed E-state index contributed by atoms with van der Waals surface area (Å²) in [7, 11) is 6.27. The van der Waals surface area contributed by atoms with E-state index in [4.69, 9.17) is 0 Å². The predicted molar refractivity (Wildman–Crippen MR) is 90.6 cm³/mol. The van der Waals surface area contributed by atoms with Crippen molar-refractivity contribution in [3.63, 3.8) is 0 Å². The van der Waals surface area contributed by atoms with Crippen molar-refractivity contribution in [1.29, 1.82) is 0 Å². The Kier molecular flexibility index (Phi) is 3.59. The van der Waals surface area contributed by atoms with Crippen LogP contribution in [0.5, 0.6) is 0 Å². The summed E-state index contributed by atoms with van der Waals surface area (Å²) < 4.78 is 3.58. The number of thiophene rings is 1. The lowest BCUT2D eigenvalue weighted by Crippen LogP contribution is -2.28. The molecule has 2 nitrogen and oxygen atoms in total. The fourth-order valence-electron chi connectivity index (χ4n) is 2.09. The van der Waals surface area contributed by atoms with E-state index >= 15 is 0 Å². The summed E-state index contributed by atoms with van der Waals surface area (Å²) in [6, 6.07) is 12.9. The van der Waals surface area contributed by atoms with Crippen molar-refractivity contribution in [2.24, 2.45) is 7.05 Å². The molecule has 3 aromatic rings. The summed E-state index contributed by atoms with van der Waals surface area (Å²) in [4.78, 5) is 3.42. The molecule has 2 heterocycles. The summed E-state index contributed by atoms with van der Waals surface area (Å²) in [5.74, 6) is 0. The monoisotopic (exact) mass is 301 g/mol. The number of benzene rings is 1. The molecule has 0 unspecified atom stereocenters. The Hall–Kier alpha value is -1.65. The topological polar surface area (TPSA) is 7.12 Å². The molecule has 0 atom stereocenters. The van der Waals surface area contributed by atoms with Gasteiger partial charge in [0, 0.05) is 31.1 Å². The van der Waals surface area contributed by atoms with E-state index in [0.29, 0.717) is 0 Å². The van der Waals surface area contributed by atoms with E-state index in [-0.39, 0.29) is 0 Å². The number of thiazole rings is 1. The minimum atomic E-state index is 1.27. The predicted octanol–water partition coefficient (Wildman–Crippen LogP) is 4.02. The summed E-state index contributed by atoms with van der Waals surface area (Å²) in [5, 5.41) is 2.55. The molecule has 20 heavy (non-hydrogen) atoms. The van der Waals surface area contributed by atoms with Gasteiger partial charge in [0.1, 0.15) is 11.7 Å². The van der Waals surface area contributed by atoms with Gasteiger partial charge in [0.05, 0.1) is 5.00 Å². The van der Waals surface area contributed by atoms with E-state index in [2.05, 4.69) is 79.2 Å². The van der Waals surface area contributed by atoms with Crippen LogP contribution in [-0.4, -0.2) is 14.1 Å². The van der Waals surface area contributed by atoms with Gasteiger partial charge in [0.15, 0.2) is 0 Å². The quantitative estimate of drug-likeness (QED) is 0.663. The highest BCUT2D eigenvalue weighted by molar-refractivity contribution is 7.19. The average molecular weight is 301 g/mol. The Balaban J connectivity index is 1.91. The second kappa shape index (κ2) is 5.38. The van der Waals surface area contributed by atoms with E-state index in [1.54, 1.807) is 0 Å². The summed E-state index contributed by atoms with van der Waals surface area (Å²) >= 11 is 3.63. The molecule has 0 bridgehead atoms. The SMILES string of the molecule is CN(C)c1ccc(/C=C/c2sc3ccccc3[n+]2C)s1. The third-order valence-corrected chi connectivity index (χ3v) is 5.62. The minimum Gasteiger partial charge on any atom is -0.370 e. The van der Waals surface area contributed by atoms with Crippen LogP contribution in [0.4, 0.5) is 5.00 Å². The van der Waals surface area contributed by atoms with Crippen molar-refractivity contribution in [3.8, 4) is 0 Å². The Labute approximate surface area is 127 Å². The maximum Gasteiger partial charge on any atom is 0.262 e. The molecule has 0 N–H and O–H groups in total. The molecule has 0 saturated heterocycles. The molecule has 102 valence electrons. The van der Waals surface area contributed by atoms with E-state index < -0.39 is 0 Å². The first-order valence-corrected chi connectivity index (χ1v) is 8.11. The fraction of sp³-hybridized carbons (Fsp3) is 0.188. The molecule has 2 aromatic heterocycles. The van der Waals surface area contributed by atoms with Crippen LogP contribution in [0.15, 0.2) is 36.4 Å². The lowest BCUT2D eigenvalue weighted by molar-refractivity contribution is -0.642. The normalized spacial score (nSPS) is 11.6. The zero-order chi connectivity index (χ0) is 14.1. The van der Waals surface area contributed by atoms with Crippen LogP contribution in [0.25, 0.3) is 22.4 Å². The smallest absolute Gasteiger partial charge is 0.262 e. The van der Waals surface area contributed by atoms with Crippen LogP contribution >= 0.6 is 22.7 Å². The standard InChI is InChI=1S/C16H17N2S2/c1-17(2)15-10-8-12(19-15)9-11-16-18(3)13-6-4-5-7-14(13)20-16/h4-11H,1-3H3/q+1. The van der Waals surface area contributed by atoms with Gasteiger partial charge in [-0.2, -0.15) is 4.57 Å². The molecular formula is C16H17N2S2+. The molecule has 4 heteroatoms. The summed E-state index contributed by atoms with van der Waals surface area (Å²) in [6.45, 7) is 0. The number of rotatable bonds is 3. The largest absolute Gasteiger partial charge is 0.370 e. The Morgan fingerprint density at radius 2 is 1.80 bits per heavy atom. The van der Waals surface area contributed by atoms with E-state index in [1.165, 1.54) is 25.1 Å². The lowest BCUT2D eigenvalue weighted by atomic mass is 10.3. The molecule has 0 spiro atoms. The van der Waals surface area contributed by atoms with Crippen molar-refractivity contribution < 1.29 is 4.57 Å². The van der Waals surface area contributed by atoms with Crippen LogP contribution in [0, 0.1) is 0 Å². The maximum atomic E-state index is 2.25. The fourth-order valence-corrected chi connectivity index (χ4v) is 3.98.